The summed E-state index contributed by atoms with van der Waals surface area (Å²) in [5, 5.41) is 5.02. The Bertz CT molecular complexity index is 953. The van der Waals surface area contributed by atoms with Crippen LogP contribution in [0.3, 0.4) is 0 Å². The average molecular weight is 384 g/mol. The van der Waals surface area contributed by atoms with E-state index in [1.54, 1.807) is 13.0 Å². The first-order chi connectivity index (χ1) is 11.6. The molecule has 9 heteroatoms. The van der Waals surface area contributed by atoms with Crippen LogP contribution < -0.4 is 14.6 Å². The average Bonchev–Trinajstić information content (AvgIpc) is 2.54. The van der Waals surface area contributed by atoms with E-state index in [4.69, 9.17) is 9.88 Å². The number of aryl methyl sites for hydroxylation is 1. The minimum Gasteiger partial charge on any atom is -0.494 e. The maximum atomic E-state index is 12.4. The molecule has 0 bridgehead atoms. The highest BCUT2D eigenvalue weighted by Crippen LogP contribution is 2.22. The van der Waals surface area contributed by atoms with Crippen molar-refractivity contribution in [1.29, 1.82) is 0 Å². The quantitative estimate of drug-likeness (QED) is 0.751. The van der Waals surface area contributed by atoms with Gasteiger partial charge in [-0.05, 0) is 55.3 Å². The van der Waals surface area contributed by atoms with E-state index in [0.29, 0.717) is 17.9 Å². The van der Waals surface area contributed by atoms with Crippen LogP contribution in [0.1, 0.15) is 18.1 Å². The molecule has 0 saturated carbocycles. The van der Waals surface area contributed by atoms with Gasteiger partial charge in [0.15, 0.2) is 0 Å². The standard InChI is InChI=1S/C16H20N2O5S2/c1-3-23-16-9-8-15(10-12(16)2)25(21,22)18-11-13-4-6-14(7-5-13)24(17,19)20/h4-10,18H,3,11H2,1-2H3,(H2,17,19,20). The minimum absolute atomic E-state index is 0.0266. The van der Waals surface area contributed by atoms with Gasteiger partial charge < -0.3 is 4.74 Å². The molecule has 0 aliphatic carbocycles. The van der Waals surface area contributed by atoms with E-state index in [2.05, 4.69) is 4.72 Å². The highest BCUT2D eigenvalue weighted by atomic mass is 32.2. The molecule has 2 aromatic rings. The lowest BCUT2D eigenvalue weighted by Crippen LogP contribution is -2.23. The summed E-state index contributed by atoms with van der Waals surface area (Å²) >= 11 is 0. The van der Waals surface area contributed by atoms with Gasteiger partial charge in [-0.1, -0.05) is 12.1 Å². The Labute approximate surface area is 147 Å². The predicted molar refractivity (Wildman–Crippen MR) is 94.2 cm³/mol. The van der Waals surface area contributed by atoms with Gasteiger partial charge in [-0.15, -0.1) is 0 Å². The summed E-state index contributed by atoms with van der Waals surface area (Å²) in [4.78, 5) is 0.107. The van der Waals surface area contributed by atoms with Gasteiger partial charge in [-0.25, -0.2) is 26.7 Å². The highest BCUT2D eigenvalue weighted by Gasteiger charge is 2.15. The van der Waals surface area contributed by atoms with E-state index in [1.165, 1.54) is 36.4 Å². The van der Waals surface area contributed by atoms with Crippen molar-refractivity contribution in [2.45, 2.75) is 30.2 Å². The molecule has 0 amide bonds. The van der Waals surface area contributed by atoms with Gasteiger partial charge in [0.05, 0.1) is 16.4 Å². The van der Waals surface area contributed by atoms with Crippen molar-refractivity contribution < 1.29 is 21.6 Å². The Hall–Kier alpha value is -1.94. The Kier molecular flexibility index (Phi) is 5.83. The number of primary sulfonamides is 1. The van der Waals surface area contributed by atoms with Gasteiger partial charge in [0.1, 0.15) is 5.75 Å². The molecular formula is C16H20N2O5S2. The smallest absolute Gasteiger partial charge is 0.240 e. The molecule has 2 aromatic carbocycles. The molecule has 3 N–H and O–H groups in total. The summed E-state index contributed by atoms with van der Waals surface area (Å²) in [5.74, 6) is 0.639. The number of hydrogen-bond donors (Lipinski definition) is 2. The zero-order valence-electron chi connectivity index (χ0n) is 13.9. The van der Waals surface area contributed by atoms with Crippen LogP contribution in [0.15, 0.2) is 52.3 Å². The Morgan fingerprint density at radius 1 is 1.00 bits per heavy atom. The molecule has 0 spiro atoms. The second-order valence-electron chi connectivity index (χ2n) is 5.37. The predicted octanol–water partition coefficient (Wildman–Crippen LogP) is 1.52. The molecule has 7 nitrogen and oxygen atoms in total. The Morgan fingerprint density at radius 3 is 2.12 bits per heavy atom. The molecule has 0 aliphatic rings. The van der Waals surface area contributed by atoms with Crippen LogP contribution in [0.25, 0.3) is 0 Å². The second kappa shape index (κ2) is 7.52. The molecule has 0 heterocycles. The van der Waals surface area contributed by atoms with Gasteiger partial charge >= 0.3 is 0 Å². The number of benzene rings is 2. The van der Waals surface area contributed by atoms with Crippen LogP contribution in [0.4, 0.5) is 0 Å². The zero-order chi connectivity index (χ0) is 18.7. The van der Waals surface area contributed by atoms with Gasteiger partial charge in [-0.3, -0.25) is 0 Å². The third-order valence-electron chi connectivity index (χ3n) is 3.47. The lowest BCUT2D eigenvalue weighted by Gasteiger charge is -2.11. The van der Waals surface area contributed by atoms with E-state index in [1.807, 2.05) is 6.92 Å². The summed E-state index contributed by atoms with van der Waals surface area (Å²) < 4.78 is 55.1. The van der Waals surface area contributed by atoms with Gasteiger partial charge in [-0.2, -0.15) is 0 Å². The van der Waals surface area contributed by atoms with E-state index < -0.39 is 20.0 Å². The molecule has 0 fully saturated rings. The van der Waals surface area contributed by atoms with E-state index in [9.17, 15) is 16.8 Å². The summed E-state index contributed by atoms with van der Waals surface area (Å²) in [7, 11) is -7.47. The SMILES string of the molecule is CCOc1ccc(S(=O)(=O)NCc2ccc(S(N)(=O)=O)cc2)cc1C. The number of nitrogens with one attached hydrogen (secondary N) is 1. The third kappa shape index (κ3) is 5.02. The van der Waals surface area contributed by atoms with E-state index in [-0.39, 0.29) is 16.3 Å². The second-order valence-corrected chi connectivity index (χ2v) is 8.70. The molecule has 0 atom stereocenters. The number of nitrogens with two attached hydrogens (primary N) is 1. The van der Waals surface area contributed by atoms with Crippen molar-refractivity contribution in [2.24, 2.45) is 5.14 Å². The van der Waals surface area contributed by atoms with Crippen molar-refractivity contribution in [3.8, 4) is 5.75 Å². The lowest BCUT2D eigenvalue weighted by atomic mass is 10.2. The van der Waals surface area contributed by atoms with Crippen LogP contribution in [0.5, 0.6) is 5.75 Å². The summed E-state index contributed by atoms with van der Waals surface area (Å²) in [6.07, 6.45) is 0. The fourth-order valence-corrected chi connectivity index (χ4v) is 3.78. The van der Waals surface area contributed by atoms with Crippen molar-refractivity contribution >= 4 is 20.0 Å². The zero-order valence-corrected chi connectivity index (χ0v) is 15.5. The first-order valence-electron chi connectivity index (χ1n) is 7.48. The fourth-order valence-electron chi connectivity index (χ4n) is 2.17. The Balaban J connectivity index is 2.12. The van der Waals surface area contributed by atoms with Crippen LogP contribution >= 0.6 is 0 Å². The maximum absolute atomic E-state index is 12.4. The largest absolute Gasteiger partial charge is 0.494 e. The van der Waals surface area contributed by atoms with Crippen molar-refractivity contribution in [3.63, 3.8) is 0 Å². The molecule has 136 valence electrons. The highest BCUT2D eigenvalue weighted by molar-refractivity contribution is 7.89. The minimum atomic E-state index is -3.77. The van der Waals surface area contributed by atoms with Gasteiger partial charge in [0.2, 0.25) is 20.0 Å². The lowest BCUT2D eigenvalue weighted by molar-refractivity contribution is 0.337. The van der Waals surface area contributed by atoms with Crippen LogP contribution in [0, 0.1) is 6.92 Å². The van der Waals surface area contributed by atoms with Crippen molar-refractivity contribution in [2.75, 3.05) is 6.61 Å². The summed E-state index contributed by atoms with van der Waals surface area (Å²) in [6, 6.07) is 10.3. The summed E-state index contributed by atoms with van der Waals surface area (Å²) in [6.45, 7) is 4.15. The number of hydrogen-bond acceptors (Lipinski definition) is 5. The third-order valence-corrected chi connectivity index (χ3v) is 5.80. The van der Waals surface area contributed by atoms with Crippen LogP contribution in [-0.2, 0) is 26.6 Å². The van der Waals surface area contributed by atoms with Gasteiger partial charge in [0.25, 0.3) is 0 Å². The van der Waals surface area contributed by atoms with Crippen LogP contribution in [-0.4, -0.2) is 23.4 Å². The molecule has 0 unspecified atom stereocenters. The number of ether oxygens (including phenoxy) is 1. The van der Waals surface area contributed by atoms with E-state index in [0.717, 1.165) is 5.56 Å². The monoisotopic (exact) mass is 384 g/mol. The normalized spacial score (nSPS) is 12.1. The molecule has 25 heavy (non-hydrogen) atoms. The first kappa shape index (κ1) is 19.4. The molecule has 0 aliphatic heterocycles. The maximum Gasteiger partial charge on any atom is 0.240 e. The summed E-state index contributed by atoms with van der Waals surface area (Å²) in [5.41, 5.74) is 1.33. The molecule has 0 saturated heterocycles. The fraction of sp³-hybridized carbons (Fsp3) is 0.250. The van der Waals surface area contributed by atoms with E-state index >= 15 is 0 Å². The van der Waals surface area contributed by atoms with Crippen molar-refractivity contribution in [1.82, 2.24) is 4.72 Å². The molecule has 0 radical (unpaired) electrons. The topological polar surface area (TPSA) is 116 Å². The Morgan fingerprint density at radius 2 is 1.60 bits per heavy atom. The number of sulfonamides is 2. The molecule has 2 rings (SSSR count). The molecule has 0 aromatic heterocycles. The number of rotatable bonds is 7. The van der Waals surface area contributed by atoms with Crippen LogP contribution in [0.2, 0.25) is 0 Å². The van der Waals surface area contributed by atoms with Gasteiger partial charge in [0, 0.05) is 6.54 Å². The first-order valence-corrected chi connectivity index (χ1v) is 10.5. The van der Waals surface area contributed by atoms with Crippen molar-refractivity contribution in [3.05, 3.63) is 53.6 Å². The molecular weight excluding hydrogens is 364 g/mol.